The highest BCUT2D eigenvalue weighted by atomic mass is 16.5. The summed E-state index contributed by atoms with van der Waals surface area (Å²) in [7, 11) is 3.22. The molecule has 0 aliphatic heterocycles. The summed E-state index contributed by atoms with van der Waals surface area (Å²) in [5, 5.41) is 2.87. The fourth-order valence-electron chi connectivity index (χ4n) is 2.36. The topological polar surface area (TPSA) is 58.6 Å². The van der Waals surface area contributed by atoms with E-state index in [0.29, 0.717) is 12.1 Å². The number of carbonyl (C=O) groups excluding carboxylic acids is 2. The minimum atomic E-state index is -0.364. The van der Waals surface area contributed by atoms with Crippen LogP contribution in [0.2, 0.25) is 0 Å². The molecule has 0 saturated carbocycles. The fourth-order valence-corrected chi connectivity index (χ4v) is 2.36. The average molecular weight is 326 g/mol. The van der Waals surface area contributed by atoms with Gasteiger partial charge in [-0.25, -0.2) is 4.79 Å². The maximum Gasteiger partial charge on any atom is 0.337 e. The average Bonchev–Trinajstić information content (AvgIpc) is 2.56. The predicted molar refractivity (Wildman–Crippen MR) is 93.9 cm³/mol. The van der Waals surface area contributed by atoms with Crippen LogP contribution in [0.25, 0.3) is 0 Å². The minimum Gasteiger partial charge on any atom is -0.465 e. The van der Waals surface area contributed by atoms with Crippen molar-refractivity contribution in [1.29, 1.82) is 0 Å². The zero-order valence-electron chi connectivity index (χ0n) is 14.2. The molecule has 0 aromatic heterocycles. The lowest BCUT2D eigenvalue weighted by atomic mass is 10.1. The van der Waals surface area contributed by atoms with Crippen LogP contribution in [0.5, 0.6) is 0 Å². The molecule has 24 heavy (non-hydrogen) atoms. The molecule has 0 saturated heterocycles. The first-order valence-corrected chi connectivity index (χ1v) is 7.70. The quantitative estimate of drug-likeness (QED) is 0.829. The first-order chi connectivity index (χ1) is 11.5. The van der Waals surface area contributed by atoms with Crippen LogP contribution in [0, 0.1) is 6.92 Å². The van der Waals surface area contributed by atoms with Gasteiger partial charge in [0.25, 0.3) is 0 Å². The third-order valence-corrected chi connectivity index (χ3v) is 3.55. The van der Waals surface area contributed by atoms with E-state index in [1.165, 1.54) is 7.11 Å². The van der Waals surface area contributed by atoms with Gasteiger partial charge in [0.05, 0.1) is 19.2 Å². The molecule has 0 spiro atoms. The number of likely N-dealkylation sites (N-methyl/N-ethyl adjacent to an activating group) is 1. The van der Waals surface area contributed by atoms with Gasteiger partial charge >= 0.3 is 5.97 Å². The molecule has 2 aromatic carbocycles. The summed E-state index contributed by atoms with van der Waals surface area (Å²) in [4.78, 5) is 25.5. The number of carbonyl (C=O) groups is 2. The predicted octanol–water partition coefficient (Wildman–Crippen LogP) is 2.85. The Morgan fingerprint density at radius 1 is 1.12 bits per heavy atom. The third-order valence-electron chi connectivity index (χ3n) is 3.55. The number of aryl methyl sites for hydroxylation is 1. The van der Waals surface area contributed by atoms with Gasteiger partial charge in [-0.2, -0.15) is 0 Å². The molecule has 0 unspecified atom stereocenters. The number of amides is 1. The number of hydrogen-bond acceptors (Lipinski definition) is 4. The van der Waals surface area contributed by atoms with Crippen LogP contribution >= 0.6 is 0 Å². The zero-order chi connectivity index (χ0) is 17.5. The molecule has 0 heterocycles. The number of methoxy groups -OCH3 is 1. The number of esters is 1. The van der Waals surface area contributed by atoms with Gasteiger partial charge in [0.2, 0.25) is 5.91 Å². The summed E-state index contributed by atoms with van der Waals surface area (Å²) < 4.78 is 4.72. The Bertz CT molecular complexity index is 711. The van der Waals surface area contributed by atoms with Gasteiger partial charge in [-0.15, -0.1) is 0 Å². The molecule has 2 rings (SSSR count). The Kier molecular flexibility index (Phi) is 6.09. The van der Waals surface area contributed by atoms with Crippen LogP contribution < -0.4 is 5.32 Å². The largest absolute Gasteiger partial charge is 0.465 e. The summed E-state index contributed by atoms with van der Waals surface area (Å²) in [5.41, 5.74) is 3.39. The highest BCUT2D eigenvalue weighted by Gasteiger charge is 2.10. The van der Waals surface area contributed by atoms with Crippen molar-refractivity contribution in [3.05, 3.63) is 65.2 Å². The van der Waals surface area contributed by atoms with Crippen molar-refractivity contribution in [3.63, 3.8) is 0 Å². The molecule has 5 nitrogen and oxygen atoms in total. The van der Waals surface area contributed by atoms with Crippen LogP contribution in [-0.4, -0.2) is 37.5 Å². The SMILES string of the molecule is COC(=O)c1cccc(CN(C)CC(=O)Nc2ccc(C)cc2)c1. The Morgan fingerprint density at radius 3 is 2.50 bits per heavy atom. The lowest BCUT2D eigenvalue weighted by Crippen LogP contribution is -2.29. The summed E-state index contributed by atoms with van der Waals surface area (Å²) in [6, 6.07) is 14.9. The van der Waals surface area contributed by atoms with Gasteiger partial charge in [0.1, 0.15) is 0 Å². The second kappa shape index (κ2) is 8.26. The lowest BCUT2D eigenvalue weighted by Gasteiger charge is -2.17. The Morgan fingerprint density at radius 2 is 1.83 bits per heavy atom. The molecular formula is C19H22N2O3. The number of nitrogens with zero attached hydrogens (tertiary/aromatic N) is 1. The van der Waals surface area contributed by atoms with Crippen LogP contribution in [0.15, 0.2) is 48.5 Å². The summed E-state index contributed by atoms with van der Waals surface area (Å²) in [5.74, 6) is -0.443. The number of hydrogen-bond donors (Lipinski definition) is 1. The van der Waals surface area contributed by atoms with E-state index in [0.717, 1.165) is 16.8 Å². The molecule has 0 fully saturated rings. The summed E-state index contributed by atoms with van der Waals surface area (Å²) in [6.07, 6.45) is 0. The van der Waals surface area contributed by atoms with Gasteiger partial charge in [-0.3, -0.25) is 9.69 Å². The number of rotatable bonds is 6. The Labute approximate surface area is 142 Å². The summed E-state index contributed by atoms with van der Waals surface area (Å²) in [6.45, 7) is 2.82. The van der Waals surface area contributed by atoms with E-state index in [4.69, 9.17) is 4.74 Å². The molecule has 5 heteroatoms. The summed E-state index contributed by atoms with van der Waals surface area (Å²) >= 11 is 0. The van der Waals surface area contributed by atoms with Gasteiger partial charge < -0.3 is 10.1 Å². The van der Waals surface area contributed by atoms with E-state index >= 15 is 0 Å². The maximum absolute atomic E-state index is 12.1. The second-order valence-electron chi connectivity index (χ2n) is 5.78. The Hall–Kier alpha value is -2.66. The van der Waals surface area contributed by atoms with E-state index < -0.39 is 0 Å². The van der Waals surface area contributed by atoms with Gasteiger partial charge in [-0.05, 0) is 43.8 Å². The van der Waals surface area contributed by atoms with Crippen LogP contribution in [0.3, 0.4) is 0 Å². The van der Waals surface area contributed by atoms with Crippen molar-refractivity contribution in [2.75, 3.05) is 26.0 Å². The number of ether oxygens (including phenoxy) is 1. The van der Waals surface area contributed by atoms with Crippen molar-refractivity contribution < 1.29 is 14.3 Å². The maximum atomic E-state index is 12.1. The van der Waals surface area contributed by atoms with Gasteiger partial charge in [0.15, 0.2) is 0 Å². The molecule has 0 aliphatic carbocycles. The fraction of sp³-hybridized carbons (Fsp3) is 0.263. The molecule has 126 valence electrons. The third kappa shape index (κ3) is 5.21. The van der Waals surface area contributed by atoms with Crippen molar-refractivity contribution in [2.24, 2.45) is 0 Å². The minimum absolute atomic E-state index is 0.0783. The van der Waals surface area contributed by atoms with Crippen molar-refractivity contribution in [3.8, 4) is 0 Å². The molecule has 0 bridgehead atoms. The molecule has 1 N–H and O–H groups in total. The van der Waals surface area contributed by atoms with Crippen molar-refractivity contribution in [1.82, 2.24) is 4.90 Å². The van der Waals surface area contributed by atoms with Crippen molar-refractivity contribution >= 4 is 17.6 Å². The lowest BCUT2D eigenvalue weighted by molar-refractivity contribution is -0.117. The van der Waals surface area contributed by atoms with E-state index in [1.54, 1.807) is 12.1 Å². The molecular weight excluding hydrogens is 304 g/mol. The van der Waals surface area contributed by atoms with E-state index in [-0.39, 0.29) is 18.4 Å². The van der Waals surface area contributed by atoms with Gasteiger partial charge in [-0.1, -0.05) is 29.8 Å². The van der Waals surface area contributed by atoms with Crippen LogP contribution in [0.4, 0.5) is 5.69 Å². The normalized spacial score (nSPS) is 10.5. The van der Waals surface area contributed by atoms with Crippen LogP contribution in [-0.2, 0) is 16.1 Å². The van der Waals surface area contributed by atoms with Gasteiger partial charge in [0, 0.05) is 12.2 Å². The highest BCUT2D eigenvalue weighted by Crippen LogP contribution is 2.10. The zero-order valence-corrected chi connectivity index (χ0v) is 14.2. The molecule has 0 aliphatic rings. The first kappa shape index (κ1) is 17.7. The standard InChI is InChI=1S/C19H22N2O3/c1-14-7-9-17(10-8-14)20-18(22)13-21(2)12-15-5-4-6-16(11-15)19(23)24-3/h4-11H,12-13H2,1-3H3,(H,20,22). The first-order valence-electron chi connectivity index (χ1n) is 7.70. The van der Waals surface area contributed by atoms with E-state index in [2.05, 4.69) is 5.32 Å². The van der Waals surface area contributed by atoms with Crippen molar-refractivity contribution in [2.45, 2.75) is 13.5 Å². The molecule has 0 radical (unpaired) electrons. The number of nitrogens with one attached hydrogen (secondary N) is 1. The highest BCUT2D eigenvalue weighted by molar-refractivity contribution is 5.92. The van der Waals surface area contributed by atoms with E-state index in [9.17, 15) is 9.59 Å². The smallest absolute Gasteiger partial charge is 0.337 e. The molecule has 0 atom stereocenters. The molecule has 2 aromatic rings. The van der Waals surface area contributed by atoms with E-state index in [1.807, 2.05) is 55.3 Å². The van der Waals surface area contributed by atoms with Crippen LogP contribution in [0.1, 0.15) is 21.5 Å². The number of anilines is 1. The monoisotopic (exact) mass is 326 g/mol. The Balaban J connectivity index is 1.90. The second-order valence-corrected chi connectivity index (χ2v) is 5.78. The number of benzene rings is 2. The molecule has 1 amide bonds.